The third-order valence-corrected chi connectivity index (χ3v) is 6.07. The molecule has 0 radical (unpaired) electrons. The van der Waals surface area contributed by atoms with E-state index in [1.807, 2.05) is 38.4 Å². The standard InChI is InChI=1S/C24H28FN7/c1-29-16-20(5-4-17-14-30(2)31(3)15-17)23(18-6-7-19(13-26)22(25)12-18)28-24(29)32-10-8-21(27)9-11-32/h6-7,12,14,21H,8-11,15-16,27H2,1-3H3. The number of rotatable bonds is 1. The van der Waals surface area contributed by atoms with Crippen LogP contribution in [0.3, 0.4) is 0 Å². The van der Waals surface area contributed by atoms with E-state index in [1.54, 1.807) is 6.07 Å². The van der Waals surface area contributed by atoms with Crippen LogP contribution in [0.25, 0.3) is 5.70 Å². The number of halogens is 1. The molecule has 32 heavy (non-hydrogen) atoms. The summed E-state index contributed by atoms with van der Waals surface area (Å²) in [4.78, 5) is 9.27. The van der Waals surface area contributed by atoms with E-state index in [4.69, 9.17) is 16.0 Å². The minimum atomic E-state index is -0.550. The molecule has 3 aliphatic rings. The van der Waals surface area contributed by atoms with Gasteiger partial charge in [-0.1, -0.05) is 17.9 Å². The van der Waals surface area contributed by atoms with E-state index in [0.717, 1.165) is 49.6 Å². The van der Waals surface area contributed by atoms with E-state index < -0.39 is 5.82 Å². The van der Waals surface area contributed by atoms with Gasteiger partial charge in [0.2, 0.25) is 5.96 Å². The fraction of sp³-hybridized carbons (Fsp3) is 0.417. The Bertz CT molecular complexity index is 1090. The van der Waals surface area contributed by atoms with Crippen molar-refractivity contribution in [3.63, 3.8) is 0 Å². The Balaban J connectivity index is 1.75. The van der Waals surface area contributed by atoms with Crippen molar-refractivity contribution in [2.24, 2.45) is 10.7 Å². The van der Waals surface area contributed by atoms with Crippen LogP contribution >= 0.6 is 0 Å². The fourth-order valence-corrected chi connectivity index (χ4v) is 4.09. The predicted octanol–water partition coefficient (Wildman–Crippen LogP) is 1.81. The first-order valence-corrected chi connectivity index (χ1v) is 10.8. The first kappa shape index (κ1) is 21.9. The summed E-state index contributed by atoms with van der Waals surface area (Å²) in [6.45, 7) is 3.00. The van der Waals surface area contributed by atoms with Gasteiger partial charge in [0.05, 0.1) is 24.4 Å². The maximum atomic E-state index is 14.4. The van der Waals surface area contributed by atoms with Crippen LogP contribution in [0.1, 0.15) is 24.0 Å². The van der Waals surface area contributed by atoms with Gasteiger partial charge < -0.3 is 20.5 Å². The van der Waals surface area contributed by atoms with Gasteiger partial charge in [0, 0.05) is 63.2 Å². The van der Waals surface area contributed by atoms with E-state index >= 15 is 0 Å². The molecule has 1 aromatic carbocycles. The molecule has 7 nitrogen and oxygen atoms in total. The number of hydrogen-bond acceptors (Lipinski definition) is 7. The van der Waals surface area contributed by atoms with Crippen LogP contribution in [0.5, 0.6) is 0 Å². The summed E-state index contributed by atoms with van der Waals surface area (Å²) in [7, 11) is 5.99. The van der Waals surface area contributed by atoms with E-state index in [2.05, 4.69) is 26.6 Å². The monoisotopic (exact) mass is 433 g/mol. The highest BCUT2D eigenvalue weighted by Gasteiger charge is 2.27. The molecule has 8 heteroatoms. The molecule has 0 amide bonds. The molecule has 2 N–H and O–H groups in total. The molecule has 3 aliphatic heterocycles. The summed E-state index contributed by atoms with van der Waals surface area (Å²) in [6.07, 6.45) is 3.84. The summed E-state index contributed by atoms with van der Waals surface area (Å²) in [6, 6.07) is 6.72. The summed E-state index contributed by atoms with van der Waals surface area (Å²) in [5.41, 5.74) is 9.21. The fourth-order valence-electron chi connectivity index (χ4n) is 4.09. The maximum absolute atomic E-state index is 14.4. The smallest absolute Gasteiger partial charge is 0.201 e. The molecule has 1 aromatic rings. The van der Waals surface area contributed by atoms with Gasteiger partial charge in [-0.15, -0.1) is 0 Å². The summed E-state index contributed by atoms with van der Waals surface area (Å²) >= 11 is 0. The van der Waals surface area contributed by atoms with Crippen LogP contribution in [0, 0.1) is 29.0 Å². The Morgan fingerprint density at radius 2 is 1.88 bits per heavy atom. The van der Waals surface area contributed by atoms with Gasteiger partial charge in [0.15, 0.2) is 0 Å². The van der Waals surface area contributed by atoms with E-state index in [1.165, 1.54) is 12.1 Å². The second-order valence-corrected chi connectivity index (χ2v) is 8.52. The topological polar surface area (TPSA) is 75.1 Å². The second-order valence-electron chi connectivity index (χ2n) is 8.52. The van der Waals surface area contributed by atoms with Crippen molar-refractivity contribution in [3.05, 3.63) is 52.5 Å². The lowest BCUT2D eigenvalue weighted by Crippen LogP contribution is -2.50. The van der Waals surface area contributed by atoms with Crippen LogP contribution in [0.15, 0.2) is 40.5 Å². The SMILES string of the molecule is CN1CC(C#CC2=CN(C)N(C)C2)=C(c2ccc(C#N)c(F)c2)N=C1N1CCC(N)CC1. The molecule has 3 heterocycles. The molecule has 0 aliphatic carbocycles. The molecular formula is C24H28FN7. The first-order valence-electron chi connectivity index (χ1n) is 10.8. The lowest BCUT2D eigenvalue weighted by Gasteiger charge is -2.38. The third-order valence-electron chi connectivity index (χ3n) is 6.07. The Morgan fingerprint density at radius 3 is 2.50 bits per heavy atom. The van der Waals surface area contributed by atoms with Gasteiger partial charge in [-0.05, 0) is 25.0 Å². The van der Waals surface area contributed by atoms with Crippen molar-refractivity contribution in [1.82, 2.24) is 19.8 Å². The van der Waals surface area contributed by atoms with Crippen molar-refractivity contribution in [2.75, 3.05) is 47.3 Å². The van der Waals surface area contributed by atoms with Crippen molar-refractivity contribution in [2.45, 2.75) is 18.9 Å². The number of likely N-dealkylation sites (N-methyl/N-ethyl adjacent to an activating group) is 2. The number of nitrogens with two attached hydrogens (primary N) is 1. The summed E-state index contributed by atoms with van der Waals surface area (Å²) in [5, 5.41) is 13.2. The predicted molar refractivity (Wildman–Crippen MR) is 123 cm³/mol. The van der Waals surface area contributed by atoms with Gasteiger partial charge in [-0.3, -0.25) is 0 Å². The van der Waals surface area contributed by atoms with Gasteiger partial charge >= 0.3 is 0 Å². The Hall–Kier alpha value is -3.33. The zero-order valence-electron chi connectivity index (χ0n) is 18.8. The molecular weight excluding hydrogens is 405 g/mol. The molecule has 4 rings (SSSR count). The summed E-state index contributed by atoms with van der Waals surface area (Å²) < 4.78 is 14.4. The van der Waals surface area contributed by atoms with Gasteiger partial charge in [0.25, 0.3) is 0 Å². The molecule has 0 unspecified atom stereocenters. The third kappa shape index (κ3) is 4.47. The van der Waals surface area contributed by atoms with E-state index in [0.29, 0.717) is 17.8 Å². The van der Waals surface area contributed by atoms with E-state index in [9.17, 15) is 4.39 Å². The molecule has 0 spiro atoms. The number of nitrogens with zero attached hydrogens (tertiary/aromatic N) is 6. The highest BCUT2D eigenvalue weighted by atomic mass is 19.1. The normalized spacial score (nSPS) is 20.1. The van der Waals surface area contributed by atoms with Gasteiger partial charge in [-0.2, -0.15) is 5.26 Å². The lowest BCUT2D eigenvalue weighted by atomic mass is 10.0. The number of benzene rings is 1. The highest BCUT2D eigenvalue weighted by Crippen LogP contribution is 2.28. The number of nitriles is 1. The van der Waals surface area contributed by atoms with Crippen LogP contribution in [0.4, 0.5) is 4.39 Å². The zero-order chi connectivity index (χ0) is 22.8. The van der Waals surface area contributed by atoms with Crippen LogP contribution in [-0.2, 0) is 0 Å². The first-order chi connectivity index (χ1) is 15.4. The Kier molecular flexibility index (Phi) is 6.18. The quantitative estimate of drug-likeness (QED) is 0.681. The molecule has 0 saturated carbocycles. The number of hydrogen-bond donors (Lipinski definition) is 1. The molecule has 166 valence electrons. The van der Waals surface area contributed by atoms with Gasteiger partial charge in [0.1, 0.15) is 11.9 Å². The molecule has 0 bridgehead atoms. The summed E-state index contributed by atoms with van der Waals surface area (Å²) in [5.74, 6) is 6.86. The van der Waals surface area contributed by atoms with Gasteiger partial charge in [-0.25, -0.2) is 14.4 Å². The Labute approximate surface area is 188 Å². The molecule has 0 atom stereocenters. The average Bonchev–Trinajstić information content (AvgIpc) is 3.10. The van der Waals surface area contributed by atoms with Crippen LogP contribution < -0.4 is 5.73 Å². The molecule has 1 fully saturated rings. The van der Waals surface area contributed by atoms with Crippen LogP contribution in [0.2, 0.25) is 0 Å². The second kappa shape index (κ2) is 9.04. The minimum Gasteiger partial charge on any atom is -0.342 e. The molecule has 0 aromatic heterocycles. The largest absolute Gasteiger partial charge is 0.342 e. The number of hydrazine groups is 1. The zero-order valence-corrected chi connectivity index (χ0v) is 18.8. The van der Waals surface area contributed by atoms with E-state index in [-0.39, 0.29) is 11.6 Å². The number of piperidine rings is 1. The lowest BCUT2D eigenvalue weighted by molar-refractivity contribution is 0.116. The Morgan fingerprint density at radius 1 is 1.12 bits per heavy atom. The maximum Gasteiger partial charge on any atom is 0.201 e. The van der Waals surface area contributed by atoms with Crippen molar-refractivity contribution in [1.29, 1.82) is 5.26 Å². The van der Waals surface area contributed by atoms with Crippen molar-refractivity contribution >= 4 is 11.7 Å². The van der Waals surface area contributed by atoms with Crippen molar-refractivity contribution < 1.29 is 4.39 Å². The number of aliphatic imine (C=N–C) groups is 1. The number of likely N-dealkylation sites (tertiary alicyclic amines) is 1. The van der Waals surface area contributed by atoms with Crippen LogP contribution in [-0.4, -0.2) is 79.1 Å². The average molecular weight is 434 g/mol. The number of guanidine groups is 1. The minimum absolute atomic E-state index is 0.0197. The van der Waals surface area contributed by atoms with Crippen molar-refractivity contribution in [3.8, 4) is 17.9 Å². The highest BCUT2D eigenvalue weighted by molar-refractivity contribution is 5.91. The molecule has 1 saturated heterocycles.